The minimum atomic E-state index is -4.81. The summed E-state index contributed by atoms with van der Waals surface area (Å²) in [4.78, 5) is 28.8. The Bertz CT molecular complexity index is 1140. The largest absolute Gasteiger partial charge is 0.573 e. The van der Waals surface area contributed by atoms with Gasteiger partial charge in [-0.2, -0.15) is 0 Å². The highest BCUT2D eigenvalue weighted by Gasteiger charge is 2.31. The van der Waals surface area contributed by atoms with Gasteiger partial charge in [0.1, 0.15) is 5.75 Å². The van der Waals surface area contributed by atoms with Gasteiger partial charge in [0.2, 0.25) is 0 Å². The molecule has 0 bridgehead atoms. The third kappa shape index (κ3) is 6.10. The molecule has 174 valence electrons. The Balaban J connectivity index is 2.02. The average molecular weight is 462 g/mol. The third-order valence-corrected chi connectivity index (χ3v) is 4.68. The van der Waals surface area contributed by atoms with Crippen LogP contribution in [0.25, 0.3) is 22.5 Å². The van der Waals surface area contributed by atoms with Gasteiger partial charge in [0.05, 0.1) is 21.7 Å². The zero-order chi connectivity index (χ0) is 24.2. The number of likely N-dealkylation sites (N-methyl/N-ethyl adjacent to an activating group) is 1. The first-order valence-electron chi connectivity index (χ1n) is 9.81. The summed E-state index contributed by atoms with van der Waals surface area (Å²) in [5, 5.41) is 14.3. The van der Waals surface area contributed by atoms with Crippen LogP contribution >= 0.6 is 0 Å². The highest BCUT2D eigenvalue weighted by molar-refractivity contribution is 6.02. The summed E-state index contributed by atoms with van der Waals surface area (Å²) in [6.45, 7) is 0.941. The van der Waals surface area contributed by atoms with E-state index in [9.17, 15) is 28.1 Å². The van der Waals surface area contributed by atoms with Crippen molar-refractivity contribution in [3.8, 4) is 28.3 Å². The van der Waals surface area contributed by atoms with E-state index in [1.807, 2.05) is 19.0 Å². The third-order valence-electron chi connectivity index (χ3n) is 4.68. The summed E-state index contributed by atoms with van der Waals surface area (Å²) in [7, 11) is 3.71. The van der Waals surface area contributed by atoms with Crippen molar-refractivity contribution < 1.29 is 27.6 Å². The molecule has 0 aliphatic carbocycles. The van der Waals surface area contributed by atoms with Gasteiger partial charge in [-0.25, -0.2) is 0 Å². The molecule has 1 aromatic heterocycles. The summed E-state index contributed by atoms with van der Waals surface area (Å²) in [5.41, 5.74) is 1.30. The van der Waals surface area contributed by atoms with E-state index < -0.39 is 22.9 Å². The zero-order valence-electron chi connectivity index (χ0n) is 17.8. The molecular weight excluding hydrogens is 441 g/mol. The molecule has 0 saturated heterocycles. The van der Waals surface area contributed by atoms with Crippen molar-refractivity contribution in [3.05, 3.63) is 70.3 Å². The van der Waals surface area contributed by atoms with Gasteiger partial charge in [-0.15, -0.1) is 13.2 Å². The number of benzene rings is 2. The number of rotatable bonds is 8. The molecule has 0 atom stereocenters. The number of halogens is 3. The molecule has 0 fully saturated rings. The maximum Gasteiger partial charge on any atom is 0.573 e. The number of nitrogens with zero attached hydrogens (tertiary/aromatic N) is 2. The average Bonchev–Trinajstić information content (AvgIpc) is 3.18. The van der Waals surface area contributed by atoms with Crippen LogP contribution < -0.4 is 10.1 Å². The second kappa shape index (κ2) is 9.74. The van der Waals surface area contributed by atoms with Crippen molar-refractivity contribution >= 4 is 11.6 Å². The SMILES string of the molecule is CN(C)CCNC(=O)c1cc(-c2ccc(OC(F)(F)F)cc2)[nH]c1-c1ccccc1[N+](=O)[O-]. The van der Waals surface area contributed by atoms with Crippen molar-refractivity contribution in [2.24, 2.45) is 0 Å². The fourth-order valence-corrected chi connectivity index (χ4v) is 3.17. The summed E-state index contributed by atoms with van der Waals surface area (Å²) < 4.78 is 41.1. The van der Waals surface area contributed by atoms with Crippen LogP contribution in [0.15, 0.2) is 54.6 Å². The number of carbonyl (C=O) groups excluding carboxylic acids is 1. The van der Waals surface area contributed by atoms with E-state index in [0.29, 0.717) is 24.3 Å². The molecule has 0 aliphatic rings. The Morgan fingerprint density at radius 3 is 2.42 bits per heavy atom. The van der Waals surface area contributed by atoms with Gasteiger partial charge >= 0.3 is 6.36 Å². The molecule has 3 aromatic rings. The van der Waals surface area contributed by atoms with Gasteiger partial charge in [-0.3, -0.25) is 14.9 Å². The maximum absolute atomic E-state index is 12.9. The molecule has 3 rings (SSSR count). The lowest BCUT2D eigenvalue weighted by Crippen LogP contribution is -2.31. The van der Waals surface area contributed by atoms with Crippen LogP contribution in [0.3, 0.4) is 0 Å². The molecule has 0 unspecified atom stereocenters. The molecule has 2 N–H and O–H groups in total. The first-order valence-corrected chi connectivity index (χ1v) is 9.81. The number of alkyl halides is 3. The van der Waals surface area contributed by atoms with Gasteiger partial charge < -0.3 is 19.9 Å². The number of aromatic nitrogens is 1. The summed E-state index contributed by atoms with van der Waals surface area (Å²) in [6, 6.07) is 12.6. The van der Waals surface area contributed by atoms with Crippen LogP contribution in [0, 0.1) is 10.1 Å². The summed E-state index contributed by atoms with van der Waals surface area (Å²) >= 11 is 0. The Hall–Kier alpha value is -3.86. The van der Waals surface area contributed by atoms with Crippen LogP contribution in [0.4, 0.5) is 18.9 Å². The molecule has 33 heavy (non-hydrogen) atoms. The predicted octanol–water partition coefficient (Wildman–Crippen LogP) is 4.45. The topological polar surface area (TPSA) is 100 Å². The van der Waals surface area contributed by atoms with Gasteiger partial charge in [0.15, 0.2) is 0 Å². The molecule has 2 aromatic carbocycles. The summed E-state index contributed by atoms with van der Waals surface area (Å²) in [6.07, 6.45) is -4.81. The standard InChI is InChI=1S/C22H21F3N4O4/c1-28(2)12-11-26-21(30)17-13-18(14-7-9-15(10-8-14)33-22(23,24)25)27-20(17)16-5-3-4-6-19(16)29(31)32/h3-10,13,27H,11-12H2,1-2H3,(H,26,30). The highest BCUT2D eigenvalue weighted by Crippen LogP contribution is 2.35. The maximum atomic E-state index is 12.9. The first kappa shape index (κ1) is 23.8. The van der Waals surface area contributed by atoms with Gasteiger partial charge in [-0.1, -0.05) is 12.1 Å². The van der Waals surface area contributed by atoms with Crippen LogP contribution in [-0.4, -0.2) is 54.3 Å². The van der Waals surface area contributed by atoms with E-state index in [2.05, 4.69) is 15.0 Å². The van der Waals surface area contributed by atoms with Crippen molar-refractivity contribution in [3.63, 3.8) is 0 Å². The lowest BCUT2D eigenvalue weighted by Gasteiger charge is -2.10. The van der Waals surface area contributed by atoms with E-state index in [0.717, 1.165) is 12.1 Å². The fourth-order valence-electron chi connectivity index (χ4n) is 3.17. The molecule has 8 nitrogen and oxygen atoms in total. The van der Waals surface area contributed by atoms with Crippen molar-refractivity contribution in [1.29, 1.82) is 0 Å². The van der Waals surface area contributed by atoms with Crippen molar-refractivity contribution in [1.82, 2.24) is 15.2 Å². The highest BCUT2D eigenvalue weighted by atomic mass is 19.4. The predicted molar refractivity (Wildman–Crippen MR) is 116 cm³/mol. The van der Waals surface area contributed by atoms with Gasteiger partial charge in [-0.05, 0) is 56.1 Å². The number of nitrogens with one attached hydrogen (secondary N) is 2. The van der Waals surface area contributed by atoms with E-state index in [4.69, 9.17) is 0 Å². The molecule has 0 aliphatic heterocycles. The second-order valence-corrected chi connectivity index (χ2v) is 7.38. The number of hydrogen-bond donors (Lipinski definition) is 2. The zero-order valence-corrected chi connectivity index (χ0v) is 17.8. The van der Waals surface area contributed by atoms with Gasteiger partial charge in [0.25, 0.3) is 11.6 Å². The van der Waals surface area contributed by atoms with Crippen molar-refractivity contribution in [2.45, 2.75) is 6.36 Å². The number of nitro groups is 1. The van der Waals surface area contributed by atoms with Crippen LogP contribution in [0.2, 0.25) is 0 Å². The monoisotopic (exact) mass is 462 g/mol. The Kier molecular flexibility index (Phi) is 7.02. The molecule has 11 heteroatoms. The smallest absolute Gasteiger partial charge is 0.406 e. The number of carbonyl (C=O) groups is 1. The van der Waals surface area contributed by atoms with Crippen LogP contribution in [0.1, 0.15) is 10.4 Å². The van der Waals surface area contributed by atoms with E-state index in [1.54, 1.807) is 6.07 Å². The second-order valence-electron chi connectivity index (χ2n) is 7.38. The molecule has 0 radical (unpaired) electrons. The van der Waals surface area contributed by atoms with Crippen LogP contribution in [0.5, 0.6) is 5.75 Å². The molecule has 0 saturated carbocycles. The van der Waals surface area contributed by atoms with E-state index >= 15 is 0 Å². The number of ether oxygens (including phenoxy) is 1. The Morgan fingerprint density at radius 2 is 1.82 bits per heavy atom. The summed E-state index contributed by atoms with van der Waals surface area (Å²) in [5.74, 6) is -0.831. The number of para-hydroxylation sites is 1. The minimum absolute atomic E-state index is 0.175. The lowest BCUT2D eigenvalue weighted by molar-refractivity contribution is -0.384. The molecule has 1 heterocycles. The van der Waals surface area contributed by atoms with Gasteiger partial charge in [0, 0.05) is 24.8 Å². The van der Waals surface area contributed by atoms with Crippen LogP contribution in [-0.2, 0) is 0 Å². The minimum Gasteiger partial charge on any atom is -0.406 e. The first-order chi connectivity index (χ1) is 15.5. The quantitative estimate of drug-likeness (QED) is 0.381. The number of aromatic amines is 1. The van der Waals surface area contributed by atoms with E-state index in [1.165, 1.54) is 36.4 Å². The molecular formula is C22H21F3N4O4. The van der Waals surface area contributed by atoms with Crippen molar-refractivity contribution in [2.75, 3.05) is 27.2 Å². The number of hydrogen-bond acceptors (Lipinski definition) is 5. The number of H-pyrrole nitrogens is 1. The molecule has 0 spiro atoms. The number of amides is 1. The fraction of sp³-hybridized carbons (Fsp3) is 0.227. The number of nitro benzene ring substituents is 1. The normalized spacial score (nSPS) is 11.5. The lowest BCUT2D eigenvalue weighted by atomic mass is 10.1. The Morgan fingerprint density at radius 1 is 1.15 bits per heavy atom. The Labute approximate surface area is 187 Å². The molecule has 1 amide bonds. The van der Waals surface area contributed by atoms with E-state index in [-0.39, 0.29) is 22.5 Å².